The molecule has 1 atom stereocenters. The van der Waals surface area contributed by atoms with Crippen LogP contribution >= 0.6 is 0 Å². The largest absolute Gasteiger partial charge is 0.355 e. The highest BCUT2D eigenvalue weighted by atomic mass is 16.2. The first-order valence-corrected chi connectivity index (χ1v) is 9.07. The molecule has 1 aliphatic rings. The number of nitrogens with one attached hydrogen (secondary N) is 1. The summed E-state index contributed by atoms with van der Waals surface area (Å²) in [5.74, 6) is 1.02. The van der Waals surface area contributed by atoms with E-state index in [4.69, 9.17) is 0 Å². The van der Waals surface area contributed by atoms with Crippen molar-refractivity contribution in [3.05, 3.63) is 54.5 Å². The summed E-state index contributed by atoms with van der Waals surface area (Å²) in [6.07, 6.45) is 3.78. The van der Waals surface area contributed by atoms with Crippen molar-refractivity contribution in [2.45, 2.75) is 32.4 Å². The van der Waals surface area contributed by atoms with Crippen molar-refractivity contribution >= 4 is 22.8 Å². The molecule has 0 aliphatic carbocycles. The number of fused-ring (bicyclic) bond motifs is 1. The number of pyridine rings is 1. The van der Waals surface area contributed by atoms with Gasteiger partial charge in [-0.15, -0.1) is 0 Å². The summed E-state index contributed by atoms with van der Waals surface area (Å²) >= 11 is 0. The van der Waals surface area contributed by atoms with Gasteiger partial charge in [0.25, 0.3) is 0 Å². The number of carbonyl (C=O) groups excluding carboxylic acids is 1. The number of anilines is 1. The maximum Gasteiger partial charge on any atom is 0.240 e. The summed E-state index contributed by atoms with van der Waals surface area (Å²) in [6.45, 7) is 4.07. The van der Waals surface area contributed by atoms with Crippen molar-refractivity contribution in [2.24, 2.45) is 0 Å². The van der Waals surface area contributed by atoms with E-state index in [1.54, 1.807) is 6.33 Å². The lowest BCUT2D eigenvalue weighted by Crippen LogP contribution is -2.48. The zero-order valence-electron chi connectivity index (χ0n) is 14.9. The van der Waals surface area contributed by atoms with Gasteiger partial charge in [0, 0.05) is 24.8 Å². The smallest absolute Gasteiger partial charge is 0.240 e. The third-order valence-electron chi connectivity index (χ3n) is 4.83. The quantitative estimate of drug-likeness (QED) is 0.786. The van der Waals surface area contributed by atoms with Gasteiger partial charge in [-0.2, -0.15) is 0 Å². The number of aromatic nitrogens is 3. The molecular formula is C20H23N5O. The number of carbonyl (C=O) groups is 1. The van der Waals surface area contributed by atoms with Gasteiger partial charge in [0.05, 0.1) is 17.4 Å². The summed E-state index contributed by atoms with van der Waals surface area (Å²) in [6, 6.07) is 14.1. The second-order valence-corrected chi connectivity index (χ2v) is 6.85. The Bertz CT molecular complexity index is 919. The molecule has 6 heteroatoms. The highest BCUT2D eigenvalue weighted by Gasteiger charge is 2.22. The van der Waals surface area contributed by atoms with Crippen LogP contribution in [0, 0.1) is 6.92 Å². The molecule has 134 valence electrons. The Hall–Kier alpha value is -2.89. The number of benzene rings is 1. The van der Waals surface area contributed by atoms with E-state index in [1.807, 2.05) is 54.0 Å². The van der Waals surface area contributed by atoms with Crippen LogP contribution in [0.25, 0.3) is 11.0 Å². The highest BCUT2D eigenvalue weighted by molar-refractivity contribution is 5.80. The molecule has 1 fully saturated rings. The van der Waals surface area contributed by atoms with Crippen LogP contribution in [0.5, 0.6) is 0 Å². The third kappa shape index (κ3) is 3.54. The van der Waals surface area contributed by atoms with Crippen molar-refractivity contribution in [3.63, 3.8) is 0 Å². The summed E-state index contributed by atoms with van der Waals surface area (Å²) in [5, 5.41) is 3.18. The summed E-state index contributed by atoms with van der Waals surface area (Å²) in [5.41, 5.74) is 2.91. The van der Waals surface area contributed by atoms with Gasteiger partial charge in [-0.25, -0.2) is 9.97 Å². The van der Waals surface area contributed by atoms with E-state index in [9.17, 15) is 4.79 Å². The van der Waals surface area contributed by atoms with E-state index >= 15 is 0 Å². The molecular weight excluding hydrogens is 326 g/mol. The number of hydrogen-bond donors (Lipinski definition) is 1. The van der Waals surface area contributed by atoms with Gasteiger partial charge < -0.3 is 14.8 Å². The average molecular weight is 349 g/mol. The molecule has 1 aromatic carbocycles. The van der Waals surface area contributed by atoms with Gasteiger partial charge in [-0.3, -0.25) is 4.79 Å². The number of imidazole rings is 1. The van der Waals surface area contributed by atoms with Crippen molar-refractivity contribution in [1.82, 2.24) is 19.9 Å². The van der Waals surface area contributed by atoms with Gasteiger partial charge in [-0.1, -0.05) is 18.2 Å². The predicted octanol–water partition coefficient (Wildman–Crippen LogP) is 2.52. The number of nitrogens with zero attached hydrogens (tertiary/aromatic N) is 4. The maximum atomic E-state index is 12.5. The zero-order chi connectivity index (χ0) is 17.9. The molecule has 1 aliphatic heterocycles. The number of hydrogen-bond acceptors (Lipinski definition) is 4. The first-order valence-electron chi connectivity index (χ1n) is 9.07. The first kappa shape index (κ1) is 16.6. The Kier molecular flexibility index (Phi) is 4.56. The van der Waals surface area contributed by atoms with Crippen LogP contribution in [0.1, 0.15) is 18.5 Å². The lowest BCUT2D eigenvalue weighted by Gasteiger charge is -2.34. The minimum absolute atomic E-state index is 0.0252. The zero-order valence-corrected chi connectivity index (χ0v) is 14.9. The van der Waals surface area contributed by atoms with Crippen LogP contribution in [0.15, 0.2) is 48.8 Å². The fourth-order valence-corrected chi connectivity index (χ4v) is 3.57. The van der Waals surface area contributed by atoms with Gasteiger partial charge in [0.15, 0.2) is 0 Å². The summed E-state index contributed by atoms with van der Waals surface area (Å²) in [4.78, 5) is 23.7. The maximum absolute atomic E-state index is 12.5. The van der Waals surface area contributed by atoms with E-state index in [1.165, 1.54) is 0 Å². The van der Waals surface area contributed by atoms with Crippen molar-refractivity contribution < 1.29 is 4.79 Å². The van der Waals surface area contributed by atoms with Gasteiger partial charge in [0.2, 0.25) is 5.91 Å². The Balaban J connectivity index is 1.39. The molecule has 0 radical (unpaired) electrons. The standard InChI is InChI=1S/C20H23N5O/c1-15-6-4-10-19(22-15)24-11-5-7-16(12-24)23-20(26)13-25-14-21-17-8-2-3-9-18(17)25/h2-4,6,8-10,14,16H,5,7,11-13H2,1H3,(H,23,26)/t16-/m0/s1. The minimum atomic E-state index is 0.0252. The number of amides is 1. The Morgan fingerprint density at radius 1 is 1.23 bits per heavy atom. The van der Waals surface area contributed by atoms with Gasteiger partial charge >= 0.3 is 0 Å². The fraction of sp³-hybridized carbons (Fsp3) is 0.350. The van der Waals surface area contributed by atoms with Crippen LogP contribution in [0.2, 0.25) is 0 Å². The third-order valence-corrected chi connectivity index (χ3v) is 4.83. The Morgan fingerprint density at radius 2 is 2.12 bits per heavy atom. The van der Waals surface area contributed by atoms with Gasteiger partial charge in [-0.05, 0) is 44.0 Å². The van der Waals surface area contributed by atoms with E-state index in [-0.39, 0.29) is 11.9 Å². The molecule has 2 aromatic heterocycles. The topological polar surface area (TPSA) is 63.1 Å². The average Bonchev–Trinajstić information content (AvgIpc) is 3.05. The van der Waals surface area contributed by atoms with Crippen LogP contribution in [-0.2, 0) is 11.3 Å². The minimum Gasteiger partial charge on any atom is -0.355 e. The van der Waals surface area contributed by atoms with E-state index in [2.05, 4.69) is 20.2 Å². The van der Waals surface area contributed by atoms with E-state index in [0.717, 1.165) is 48.5 Å². The van der Waals surface area contributed by atoms with Crippen molar-refractivity contribution in [2.75, 3.05) is 18.0 Å². The summed E-state index contributed by atoms with van der Waals surface area (Å²) < 4.78 is 1.90. The van der Waals surface area contributed by atoms with Gasteiger partial charge in [0.1, 0.15) is 12.4 Å². The van der Waals surface area contributed by atoms with Crippen LogP contribution in [0.4, 0.5) is 5.82 Å². The first-order chi connectivity index (χ1) is 12.7. The monoisotopic (exact) mass is 349 g/mol. The van der Waals surface area contributed by atoms with Crippen molar-refractivity contribution in [3.8, 4) is 0 Å². The lowest BCUT2D eigenvalue weighted by atomic mass is 10.1. The molecule has 1 saturated heterocycles. The Labute approximate surface area is 152 Å². The normalized spacial score (nSPS) is 17.4. The number of aryl methyl sites for hydroxylation is 1. The molecule has 6 nitrogen and oxygen atoms in total. The van der Waals surface area contributed by atoms with E-state index in [0.29, 0.717) is 6.54 Å². The number of para-hydroxylation sites is 2. The SMILES string of the molecule is Cc1cccc(N2CCC[C@H](NC(=O)Cn3cnc4ccccc43)C2)n1. The van der Waals surface area contributed by atoms with Crippen LogP contribution in [-0.4, -0.2) is 39.6 Å². The molecule has 0 saturated carbocycles. The predicted molar refractivity (Wildman–Crippen MR) is 102 cm³/mol. The molecule has 1 amide bonds. The number of piperidine rings is 1. The molecule has 4 rings (SSSR count). The van der Waals surface area contributed by atoms with Crippen LogP contribution in [0.3, 0.4) is 0 Å². The molecule has 26 heavy (non-hydrogen) atoms. The molecule has 0 spiro atoms. The Morgan fingerprint density at radius 3 is 3.00 bits per heavy atom. The summed E-state index contributed by atoms with van der Waals surface area (Å²) in [7, 11) is 0. The van der Waals surface area contributed by atoms with Crippen LogP contribution < -0.4 is 10.2 Å². The molecule has 1 N–H and O–H groups in total. The number of rotatable bonds is 4. The fourth-order valence-electron chi connectivity index (χ4n) is 3.57. The molecule has 0 unspecified atom stereocenters. The second-order valence-electron chi connectivity index (χ2n) is 6.85. The second kappa shape index (κ2) is 7.15. The molecule has 3 heterocycles. The molecule has 3 aromatic rings. The molecule has 0 bridgehead atoms. The lowest BCUT2D eigenvalue weighted by molar-refractivity contribution is -0.122. The highest BCUT2D eigenvalue weighted by Crippen LogP contribution is 2.18. The van der Waals surface area contributed by atoms with Crippen molar-refractivity contribution in [1.29, 1.82) is 0 Å². The van der Waals surface area contributed by atoms with E-state index < -0.39 is 0 Å².